The van der Waals surface area contributed by atoms with E-state index in [2.05, 4.69) is 0 Å². The van der Waals surface area contributed by atoms with E-state index < -0.39 is 4.92 Å². The summed E-state index contributed by atoms with van der Waals surface area (Å²) in [6.07, 6.45) is 1.52. The summed E-state index contributed by atoms with van der Waals surface area (Å²) in [5, 5.41) is 10.8. The molecule has 1 aliphatic heterocycles. The normalized spacial score (nSPS) is 19.1. The highest BCUT2D eigenvalue weighted by Gasteiger charge is 2.26. The van der Waals surface area contributed by atoms with Crippen molar-refractivity contribution in [2.24, 2.45) is 5.73 Å². The van der Waals surface area contributed by atoms with E-state index in [1.807, 2.05) is 6.07 Å². The maximum Gasteiger partial charge on any atom is 0.311 e. The van der Waals surface area contributed by atoms with Crippen LogP contribution in [0.2, 0.25) is 0 Å². The molecule has 0 radical (unpaired) electrons. The minimum Gasteiger partial charge on any atom is -0.482 e. The van der Waals surface area contributed by atoms with E-state index >= 15 is 0 Å². The Balaban J connectivity index is 2.40. The highest BCUT2D eigenvalue weighted by atomic mass is 16.6. The zero-order valence-corrected chi connectivity index (χ0v) is 8.18. The SMILES string of the molecule is NCC1CCc2cccc([N+](=O)[O-])c2O1. The molecule has 2 rings (SSSR count). The van der Waals surface area contributed by atoms with Gasteiger partial charge in [0.15, 0.2) is 0 Å². The molecule has 80 valence electrons. The van der Waals surface area contributed by atoms with Crippen LogP contribution >= 0.6 is 0 Å². The third-order valence-electron chi connectivity index (χ3n) is 2.56. The predicted molar refractivity (Wildman–Crippen MR) is 54.9 cm³/mol. The first-order valence-electron chi connectivity index (χ1n) is 4.85. The second-order valence-electron chi connectivity index (χ2n) is 3.54. The molecular formula is C10H12N2O3. The van der Waals surface area contributed by atoms with E-state index in [4.69, 9.17) is 10.5 Å². The Labute approximate surface area is 87.0 Å². The fraction of sp³-hybridized carbons (Fsp3) is 0.400. The van der Waals surface area contributed by atoms with Gasteiger partial charge in [0.1, 0.15) is 6.10 Å². The van der Waals surface area contributed by atoms with Crippen molar-refractivity contribution >= 4 is 5.69 Å². The lowest BCUT2D eigenvalue weighted by Gasteiger charge is -2.24. The number of fused-ring (bicyclic) bond motifs is 1. The van der Waals surface area contributed by atoms with E-state index in [9.17, 15) is 10.1 Å². The third kappa shape index (κ3) is 1.78. The van der Waals surface area contributed by atoms with Crippen LogP contribution in [0.25, 0.3) is 0 Å². The maximum absolute atomic E-state index is 10.8. The van der Waals surface area contributed by atoms with Crippen LogP contribution in [0.3, 0.4) is 0 Å². The lowest BCUT2D eigenvalue weighted by Crippen LogP contribution is -2.30. The van der Waals surface area contributed by atoms with Crippen molar-refractivity contribution in [2.45, 2.75) is 18.9 Å². The summed E-state index contributed by atoms with van der Waals surface area (Å²) >= 11 is 0. The molecule has 0 fully saturated rings. The second kappa shape index (κ2) is 3.86. The molecule has 2 N–H and O–H groups in total. The monoisotopic (exact) mass is 208 g/mol. The first-order chi connectivity index (χ1) is 7.22. The summed E-state index contributed by atoms with van der Waals surface area (Å²) in [7, 11) is 0. The Kier molecular flexibility index (Phi) is 2.55. The molecule has 0 bridgehead atoms. The lowest BCUT2D eigenvalue weighted by molar-refractivity contribution is -0.386. The van der Waals surface area contributed by atoms with E-state index in [-0.39, 0.29) is 11.8 Å². The predicted octanol–water partition coefficient (Wildman–Crippen LogP) is 1.25. The van der Waals surface area contributed by atoms with E-state index in [1.54, 1.807) is 6.07 Å². The summed E-state index contributed by atoms with van der Waals surface area (Å²) in [5.41, 5.74) is 6.42. The summed E-state index contributed by atoms with van der Waals surface area (Å²) < 4.78 is 5.51. The minimum atomic E-state index is -0.419. The minimum absolute atomic E-state index is 0.0330. The van der Waals surface area contributed by atoms with Crippen molar-refractivity contribution in [3.63, 3.8) is 0 Å². The van der Waals surface area contributed by atoms with Crippen LogP contribution in [0.4, 0.5) is 5.69 Å². The number of benzene rings is 1. The van der Waals surface area contributed by atoms with Crippen LogP contribution in [-0.2, 0) is 6.42 Å². The Morgan fingerprint density at radius 2 is 2.40 bits per heavy atom. The van der Waals surface area contributed by atoms with Gasteiger partial charge in [-0.05, 0) is 12.8 Å². The molecule has 5 heteroatoms. The quantitative estimate of drug-likeness (QED) is 0.586. The number of hydrogen-bond acceptors (Lipinski definition) is 4. The van der Waals surface area contributed by atoms with Gasteiger partial charge in [0, 0.05) is 18.2 Å². The number of hydrogen-bond donors (Lipinski definition) is 1. The summed E-state index contributed by atoms with van der Waals surface area (Å²) in [6.45, 7) is 0.394. The van der Waals surface area contributed by atoms with Gasteiger partial charge >= 0.3 is 5.69 Å². The van der Waals surface area contributed by atoms with Gasteiger partial charge in [0.2, 0.25) is 5.75 Å². The van der Waals surface area contributed by atoms with E-state index in [0.717, 1.165) is 18.4 Å². The molecule has 1 heterocycles. The van der Waals surface area contributed by atoms with E-state index in [0.29, 0.717) is 12.3 Å². The van der Waals surface area contributed by atoms with Gasteiger partial charge in [0.25, 0.3) is 0 Å². The lowest BCUT2D eigenvalue weighted by atomic mass is 10.0. The van der Waals surface area contributed by atoms with Gasteiger partial charge in [-0.1, -0.05) is 12.1 Å². The fourth-order valence-electron chi connectivity index (χ4n) is 1.76. The summed E-state index contributed by atoms with van der Waals surface area (Å²) in [6, 6.07) is 5.00. The van der Waals surface area contributed by atoms with Crippen LogP contribution < -0.4 is 10.5 Å². The molecule has 5 nitrogen and oxygen atoms in total. The molecule has 0 aliphatic carbocycles. The molecule has 0 saturated heterocycles. The molecule has 1 aromatic carbocycles. The fourth-order valence-corrected chi connectivity index (χ4v) is 1.76. The zero-order chi connectivity index (χ0) is 10.8. The highest BCUT2D eigenvalue weighted by molar-refractivity contribution is 5.52. The molecular weight excluding hydrogens is 196 g/mol. The molecule has 0 amide bonds. The number of nitro groups is 1. The zero-order valence-electron chi connectivity index (χ0n) is 8.18. The molecule has 1 aliphatic rings. The smallest absolute Gasteiger partial charge is 0.311 e. The Hall–Kier alpha value is -1.62. The number of nitro benzene ring substituents is 1. The van der Waals surface area contributed by atoms with Crippen molar-refractivity contribution in [3.05, 3.63) is 33.9 Å². The Bertz CT molecular complexity index is 392. The van der Waals surface area contributed by atoms with Crippen molar-refractivity contribution in [1.29, 1.82) is 0 Å². The van der Waals surface area contributed by atoms with Crippen LogP contribution in [-0.4, -0.2) is 17.6 Å². The van der Waals surface area contributed by atoms with Gasteiger partial charge in [0.05, 0.1) is 4.92 Å². The van der Waals surface area contributed by atoms with Crippen molar-refractivity contribution in [2.75, 3.05) is 6.54 Å². The molecule has 15 heavy (non-hydrogen) atoms. The molecule has 1 aromatic rings. The van der Waals surface area contributed by atoms with Crippen LogP contribution in [0.5, 0.6) is 5.75 Å². The third-order valence-corrected chi connectivity index (χ3v) is 2.56. The average molecular weight is 208 g/mol. The van der Waals surface area contributed by atoms with Crippen molar-refractivity contribution in [3.8, 4) is 5.75 Å². The Morgan fingerprint density at radius 3 is 3.07 bits per heavy atom. The largest absolute Gasteiger partial charge is 0.482 e. The van der Waals surface area contributed by atoms with Gasteiger partial charge < -0.3 is 10.5 Å². The number of rotatable bonds is 2. The van der Waals surface area contributed by atoms with Gasteiger partial charge in [-0.25, -0.2) is 0 Å². The van der Waals surface area contributed by atoms with E-state index in [1.165, 1.54) is 6.07 Å². The Morgan fingerprint density at radius 1 is 1.60 bits per heavy atom. The van der Waals surface area contributed by atoms with Crippen molar-refractivity contribution in [1.82, 2.24) is 0 Å². The van der Waals surface area contributed by atoms with Gasteiger partial charge in [-0.2, -0.15) is 0 Å². The first-order valence-corrected chi connectivity index (χ1v) is 4.85. The molecule has 0 aromatic heterocycles. The van der Waals surface area contributed by atoms with Crippen molar-refractivity contribution < 1.29 is 9.66 Å². The van der Waals surface area contributed by atoms with Gasteiger partial charge in [-0.3, -0.25) is 10.1 Å². The number of nitrogens with zero attached hydrogens (tertiary/aromatic N) is 1. The summed E-state index contributed by atoms with van der Waals surface area (Å²) in [4.78, 5) is 10.3. The van der Waals surface area contributed by atoms with Gasteiger partial charge in [-0.15, -0.1) is 0 Å². The summed E-state index contributed by atoms with van der Waals surface area (Å²) in [5.74, 6) is 0.393. The molecule has 0 spiro atoms. The molecule has 1 atom stereocenters. The number of aryl methyl sites for hydroxylation is 1. The highest BCUT2D eigenvalue weighted by Crippen LogP contribution is 2.35. The standard InChI is InChI=1S/C10H12N2O3/c11-6-8-5-4-7-2-1-3-9(12(13)14)10(7)15-8/h1-3,8H,4-6,11H2. The number of nitrogens with two attached hydrogens (primary N) is 1. The average Bonchev–Trinajstić information content (AvgIpc) is 2.27. The van der Waals surface area contributed by atoms with Crippen LogP contribution in [0, 0.1) is 10.1 Å². The van der Waals surface area contributed by atoms with Crippen LogP contribution in [0.1, 0.15) is 12.0 Å². The second-order valence-corrected chi connectivity index (χ2v) is 3.54. The topological polar surface area (TPSA) is 78.4 Å². The number of ether oxygens (including phenoxy) is 1. The maximum atomic E-state index is 10.8. The molecule has 1 unspecified atom stereocenters. The first kappa shape index (κ1) is 9.92. The number of para-hydroxylation sites is 1. The molecule has 0 saturated carbocycles. The van der Waals surface area contributed by atoms with Crippen LogP contribution in [0.15, 0.2) is 18.2 Å².